The fourth-order valence-corrected chi connectivity index (χ4v) is 2.62. The van der Waals surface area contributed by atoms with E-state index in [4.69, 9.17) is 19.3 Å². The van der Waals surface area contributed by atoms with E-state index in [1.165, 1.54) is 34.6 Å². The first-order valence-electron chi connectivity index (χ1n) is 11.0. The Morgan fingerprint density at radius 3 is 1.37 bits per heavy atom. The van der Waals surface area contributed by atoms with Gasteiger partial charge in [-0.2, -0.15) is 0 Å². The molecule has 192 valence electrons. The Bertz CT molecular complexity index is 950. The van der Waals surface area contributed by atoms with Crippen LogP contribution >= 0.6 is 0 Å². The molecule has 0 saturated heterocycles. The van der Waals surface area contributed by atoms with Gasteiger partial charge in [0.1, 0.15) is 42.5 Å². The minimum Gasteiger partial charge on any atom is -0.491 e. The van der Waals surface area contributed by atoms with Crippen molar-refractivity contribution in [2.24, 2.45) is 0 Å². The number of ether oxygens (including phenoxy) is 3. The van der Waals surface area contributed by atoms with Gasteiger partial charge in [0.2, 0.25) is 0 Å². The number of hydrogen-bond acceptors (Lipinski definition) is 9. The Kier molecular flexibility index (Phi) is 11.5. The molecule has 0 amide bonds. The number of hydrogen-bond donors (Lipinski definition) is 3. The summed E-state index contributed by atoms with van der Waals surface area (Å²) >= 11 is 0. The van der Waals surface area contributed by atoms with Gasteiger partial charge < -0.3 is 29.5 Å². The molecule has 0 heterocycles. The lowest BCUT2D eigenvalue weighted by Gasteiger charge is -2.15. The first-order chi connectivity index (χ1) is 16.3. The van der Waals surface area contributed by atoms with Gasteiger partial charge in [0, 0.05) is 18.1 Å². The van der Waals surface area contributed by atoms with Gasteiger partial charge in [-0.1, -0.05) is 0 Å². The average Bonchev–Trinajstić information content (AvgIpc) is 2.79. The molecule has 35 heavy (non-hydrogen) atoms. The number of carbonyl (C=O) groups excluding carboxylic acids is 3. The van der Waals surface area contributed by atoms with E-state index in [-0.39, 0.29) is 44.0 Å². The number of ketones is 2. The summed E-state index contributed by atoms with van der Waals surface area (Å²) < 4.78 is 15.2. The number of benzene rings is 2. The van der Waals surface area contributed by atoms with Crippen LogP contribution in [0.1, 0.15) is 55.3 Å². The van der Waals surface area contributed by atoms with Crippen molar-refractivity contribution in [1.29, 1.82) is 0 Å². The van der Waals surface area contributed by atoms with Crippen molar-refractivity contribution in [3.05, 3.63) is 59.7 Å². The number of aliphatic hydroxyl groups is 3. The van der Waals surface area contributed by atoms with Crippen molar-refractivity contribution < 1.29 is 43.9 Å². The molecule has 0 saturated carbocycles. The fraction of sp³-hybridized carbons (Fsp3) is 0.423. The summed E-state index contributed by atoms with van der Waals surface area (Å²) in [7, 11) is 0. The van der Waals surface area contributed by atoms with Crippen LogP contribution in [-0.4, -0.2) is 70.5 Å². The Hall–Kier alpha value is -3.27. The van der Waals surface area contributed by atoms with E-state index in [9.17, 15) is 24.6 Å². The van der Waals surface area contributed by atoms with Crippen molar-refractivity contribution in [2.45, 2.75) is 45.8 Å². The number of carbonyl (C=O) groups is 3. The Morgan fingerprint density at radius 1 is 0.686 bits per heavy atom. The fourth-order valence-electron chi connectivity index (χ4n) is 2.62. The molecular weight excluding hydrogens is 456 g/mol. The van der Waals surface area contributed by atoms with Crippen LogP contribution < -0.4 is 9.47 Å². The van der Waals surface area contributed by atoms with Crippen molar-refractivity contribution in [3.8, 4) is 11.5 Å². The zero-order valence-electron chi connectivity index (χ0n) is 20.7. The molecule has 0 spiro atoms. The molecular formula is C26H34O9. The van der Waals surface area contributed by atoms with E-state index in [2.05, 4.69) is 0 Å². The maximum absolute atomic E-state index is 11.8. The lowest BCUT2D eigenvalue weighted by atomic mass is 9.97. The molecule has 2 aromatic rings. The highest BCUT2D eigenvalue weighted by Crippen LogP contribution is 2.18. The molecule has 0 unspecified atom stereocenters. The smallest absolute Gasteiger partial charge is 0.302 e. The molecule has 3 N–H and O–H groups in total. The van der Waals surface area contributed by atoms with Crippen LogP contribution in [0.25, 0.3) is 0 Å². The van der Waals surface area contributed by atoms with E-state index in [0.717, 1.165) is 0 Å². The Labute approximate surface area is 205 Å². The molecule has 2 rings (SSSR count). The Balaban J connectivity index is 0.000000355. The highest BCUT2D eigenvalue weighted by atomic mass is 16.6. The third-order valence-electron chi connectivity index (χ3n) is 4.36. The van der Waals surface area contributed by atoms with Gasteiger partial charge in [-0.05, 0) is 76.2 Å². The molecule has 2 aromatic carbocycles. The summed E-state index contributed by atoms with van der Waals surface area (Å²) in [6.45, 7) is 7.72. The third kappa shape index (κ3) is 11.1. The van der Waals surface area contributed by atoms with Crippen molar-refractivity contribution in [1.82, 2.24) is 0 Å². The zero-order chi connectivity index (χ0) is 26.6. The molecule has 0 fully saturated rings. The van der Waals surface area contributed by atoms with Gasteiger partial charge >= 0.3 is 5.97 Å². The van der Waals surface area contributed by atoms with Crippen LogP contribution in [0.15, 0.2) is 48.5 Å². The predicted molar refractivity (Wildman–Crippen MR) is 129 cm³/mol. The van der Waals surface area contributed by atoms with E-state index < -0.39 is 11.2 Å². The molecule has 9 nitrogen and oxygen atoms in total. The van der Waals surface area contributed by atoms with Crippen LogP contribution in [0.5, 0.6) is 11.5 Å². The molecule has 0 atom stereocenters. The monoisotopic (exact) mass is 490 g/mol. The molecule has 0 aliphatic carbocycles. The zero-order valence-corrected chi connectivity index (χ0v) is 20.7. The van der Waals surface area contributed by atoms with Crippen LogP contribution in [0.2, 0.25) is 0 Å². The minimum absolute atomic E-state index is 0.0512. The lowest BCUT2D eigenvalue weighted by Crippen LogP contribution is -2.30. The van der Waals surface area contributed by atoms with E-state index in [0.29, 0.717) is 22.6 Å². The second-order valence-electron chi connectivity index (χ2n) is 8.59. The second kappa shape index (κ2) is 13.6. The normalized spacial score (nSPS) is 11.1. The molecule has 9 heteroatoms. The number of aliphatic hydroxyl groups excluding tert-OH is 1. The van der Waals surface area contributed by atoms with Crippen LogP contribution in [0, 0.1) is 0 Å². The summed E-state index contributed by atoms with van der Waals surface area (Å²) in [6, 6.07) is 12.9. The van der Waals surface area contributed by atoms with Gasteiger partial charge in [-0.15, -0.1) is 0 Å². The van der Waals surface area contributed by atoms with Crippen LogP contribution in [-0.2, 0) is 9.53 Å². The summed E-state index contributed by atoms with van der Waals surface area (Å²) in [5.41, 5.74) is -1.91. The maximum atomic E-state index is 11.8. The van der Waals surface area contributed by atoms with Gasteiger partial charge in [0.25, 0.3) is 0 Å². The summed E-state index contributed by atoms with van der Waals surface area (Å²) in [5.74, 6) is 0.121. The quantitative estimate of drug-likeness (QED) is 0.246. The van der Waals surface area contributed by atoms with Gasteiger partial charge in [0.05, 0.1) is 6.61 Å². The topological polar surface area (TPSA) is 140 Å². The van der Waals surface area contributed by atoms with Gasteiger partial charge in [-0.25, -0.2) is 0 Å². The van der Waals surface area contributed by atoms with Crippen molar-refractivity contribution in [3.63, 3.8) is 0 Å². The molecule has 0 radical (unpaired) electrons. The van der Waals surface area contributed by atoms with Crippen LogP contribution in [0.3, 0.4) is 0 Å². The Morgan fingerprint density at radius 2 is 1.06 bits per heavy atom. The number of rotatable bonds is 11. The van der Waals surface area contributed by atoms with Crippen molar-refractivity contribution in [2.75, 3.05) is 26.4 Å². The van der Waals surface area contributed by atoms with Gasteiger partial charge in [-0.3, -0.25) is 14.4 Å². The predicted octanol–water partition coefficient (Wildman–Crippen LogP) is 2.59. The first kappa shape index (κ1) is 29.8. The molecule has 0 aromatic heterocycles. The number of esters is 1. The van der Waals surface area contributed by atoms with Crippen LogP contribution in [0.4, 0.5) is 0 Å². The molecule has 0 aliphatic rings. The summed E-state index contributed by atoms with van der Waals surface area (Å²) in [5, 5.41) is 27.7. The highest BCUT2D eigenvalue weighted by Gasteiger charge is 2.25. The molecule has 0 aliphatic heterocycles. The van der Waals surface area contributed by atoms with Gasteiger partial charge in [0.15, 0.2) is 11.6 Å². The van der Waals surface area contributed by atoms with Crippen molar-refractivity contribution >= 4 is 17.5 Å². The average molecular weight is 491 g/mol. The standard InChI is InChI=1S/C14H18O5.C12H16O4/c1-10(15)18-8-9-19-12-6-4-11(5-7-12)13(16)14(2,3)17;1-12(2,15)11(14)9-3-5-10(6-4-9)16-8-7-13/h4-7,17H,8-9H2,1-3H3;3-6,13,15H,7-8H2,1-2H3. The lowest BCUT2D eigenvalue weighted by molar-refractivity contribution is -0.141. The van der Waals surface area contributed by atoms with E-state index in [1.807, 2.05) is 0 Å². The highest BCUT2D eigenvalue weighted by molar-refractivity contribution is 6.02. The maximum Gasteiger partial charge on any atom is 0.302 e. The minimum atomic E-state index is -1.39. The SMILES string of the molecule is CC(=O)OCCOc1ccc(C(=O)C(C)(C)O)cc1.CC(C)(O)C(=O)c1ccc(OCCO)cc1. The molecule has 0 bridgehead atoms. The second-order valence-corrected chi connectivity index (χ2v) is 8.59. The van der Waals surface area contributed by atoms with E-state index in [1.54, 1.807) is 48.5 Å². The summed E-state index contributed by atoms with van der Waals surface area (Å²) in [4.78, 5) is 34.0. The number of Topliss-reactive ketones (excluding diaryl/α,β-unsaturated/α-hetero) is 2. The summed E-state index contributed by atoms with van der Waals surface area (Å²) in [6.07, 6.45) is 0. The van der Waals surface area contributed by atoms with E-state index >= 15 is 0 Å². The largest absolute Gasteiger partial charge is 0.491 e. The third-order valence-corrected chi connectivity index (χ3v) is 4.36. The first-order valence-corrected chi connectivity index (χ1v) is 11.0.